The molecule has 1 aliphatic heterocycles. The first-order chi connectivity index (χ1) is 6.81. The van der Waals surface area contributed by atoms with Gasteiger partial charge in [0.25, 0.3) is 0 Å². The van der Waals surface area contributed by atoms with Gasteiger partial charge in [-0.3, -0.25) is 0 Å². The predicted molar refractivity (Wildman–Crippen MR) is 52.9 cm³/mol. The lowest BCUT2D eigenvalue weighted by Gasteiger charge is -2.40. The van der Waals surface area contributed by atoms with Crippen LogP contribution in [0.25, 0.3) is 0 Å². The maximum absolute atomic E-state index is 11.5. The van der Waals surface area contributed by atoms with Crippen LogP contribution in [0.4, 0.5) is 4.79 Å². The van der Waals surface area contributed by atoms with Gasteiger partial charge in [-0.2, -0.15) is 0 Å². The fourth-order valence-electron chi connectivity index (χ4n) is 2.44. The second-order valence-corrected chi connectivity index (χ2v) is 4.20. The van der Waals surface area contributed by atoms with Gasteiger partial charge in [-0.15, -0.1) is 0 Å². The van der Waals surface area contributed by atoms with Crippen LogP contribution in [-0.4, -0.2) is 36.7 Å². The molecule has 1 aliphatic carbocycles. The van der Waals surface area contributed by atoms with Crippen molar-refractivity contribution in [2.45, 2.75) is 31.8 Å². The molecule has 1 amide bonds. The third-order valence-corrected chi connectivity index (χ3v) is 3.20. The van der Waals surface area contributed by atoms with E-state index in [1.807, 2.05) is 0 Å². The zero-order valence-electron chi connectivity index (χ0n) is 8.45. The molecule has 1 saturated heterocycles. The first-order valence-electron chi connectivity index (χ1n) is 5.47. The van der Waals surface area contributed by atoms with Crippen molar-refractivity contribution in [2.75, 3.05) is 19.6 Å². The van der Waals surface area contributed by atoms with Gasteiger partial charge in [0.05, 0.1) is 0 Å². The molecule has 2 unspecified atom stereocenters. The Kier molecular flexibility index (Phi) is 2.91. The van der Waals surface area contributed by atoms with Gasteiger partial charge in [0.2, 0.25) is 0 Å². The molecule has 2 atom stereocenters. The maximum atomic E-state index is 11.5. The van der Waals surface area contributed by atoms with Crippen molar-refractivity contribution in [1.82, 2.24) is 4.90 Å². The number of hydrogen-bond donors (Lipinski definition) is 1. The Morgan fingerprint density at radius 3 is 3.00 bits per heavy atom. The van der Waals surface area contributed by atoms with Crippen LogP contribution < -0.4 is 5.73 Å². The zero-order valence-corrected chi connectivity index (χ0v) is 8.45. The molecule has 2 rings (SSSR count). The van der Waals surface area contributed by atoms with Gasteiger partial charge in [0.1, 0.15) is 6.10 Å². The summed E-state index contributed by atoms with van der Waals surface area (Å²) in [4.78, 5) is 13.2. The lowest BCUT2D eigenvalue weighted by molar-refractivity contribution is -0.0291. The van der Waals surface area contributed by atoms with Gasteiger partial charge in [0, 0.05) is 25.6 Å². The van der Waals surface area contributed by atoms with Gasteiger partial charge in [-0.05, 0) is 19.3 Å². The summed E-state index contributed by atoms with van der Waals surface area (Å²) in [6.45, 7) is 2.00. The molecule has 14 heavy (non-hydrogen) atoms. The summed E-state index contributed by atoms with van der Waals surface area (Å²) >= 11 is 0. The van der Waals surface area contributed by atoms with Crippen LogP contribution in [-0.2, 0) is 4.74 Å². The van der Waals surface area contributed by atoms with Crippen LogP contribution in [0.3, 0.4) is 0 Å². The molecule has 0 aromatic carbocycles. The van der Waals surface area contributed by atoms with E-state index in [9.17, 15) is 4.79 Å². The van der Waals surface area contributed by atoms with Crippen molar-refractivity contribution in [3.8, 4) is 0 Å². The quantitative estimate of drug-likeness (QED) is 0.719. The first kappa shape index (κ1) is 9.77. The van der Waals surface area contributed by atoms with Crippen LogP contribution in [0, 0.1) is 5.92 Å². The maximum Gasteiger partial charge on any atom is 0.410 e. The van der Waals surface area contributed by atoms with E-state index in [1.54, 1.807) is 4.90 Å². The lowest BCUT2D eigenvalue weighted by Crippen LogP contribution is -2.50. The highest BCUT2D eigenvalue weighted by atomic mass is 16.6. The van der Waals surface area contributed by atoms with E-state index in [-0.39, 0.29) is 12.2 Å². The molecule has 2 fully saturated rings. The molecule has 0 radical (unpaired) electrons. The molecular weight excluding hydrogens is 180 g/mol. The Morgan fingerprint density at radius 2 is 2.21 bits per heavy atom. The van der Waals surface area contributed by atoms with Crippen LogP contribution in [0.2, 0.25) is 0 Å². The number of nitrogens with zero attached hydrogens (tertiary/aromatic N) is 1. The molecule has 1 saturated carbocycles. The first-order valence-corrected chi connectivity index (χ1v) is 5.47. The van der Waals surface area contributed by atoms with E-state index in [2.05, 4.69) is 0 Å². The highest BCUT2D eigenvalue weighted by Crippen LogP contribution is 2.31. The van der Waals surface area contributed by atoms with Gasteiger partial charge >= 0.3 is 6.09 Å². The smallest absolute Gasteiger partial charge is 0.410 e. The highest BCUT2D eigenvalue weighted by molar-refractivity contribution is 5.68. The molecule has 0 aromatic heterocycles. The average Bonchev–Trinajstić information content (AvgIpc) is 2.19. The normalized spacial score (nSPS) is 32.4. The molecule has 80 valence electrons. The fraction of sp³-hybridized carbons (Fsp3) is 0.900. The Morgan fingerprint density at radius 1 is 1.43 bits per heavy atom. The summed E-state index contributed by atoms with van der Waals surface area (Å²) in [7, 11) is 0. The monoisotopic (exact) mass is 198 g/mol. The van der Waals surface area contributed by atoms with Crippen LogP contribution in [0.15, 0.2) is 0 Å². The van der Waals surface area contributed by atoms with Crippen molar-refractivity contribution in [1.29, 1.82) is 0 Å². The summed E-state index contributed by atoms with van der Waals surface area (Å²) in [6, 6.07) is 0. The van der Waals surface area contributed by atoms with E-state index in [0.717, 1.165) is 13.0 Å². The van der Waals surface area contributed by atoms with E-state index in [0.29, 0.717) is 19.0 Å². The number of nitrogens with two attached hydrogens (primary N) is 1. The van der Waals surface area contributed by atoms with Crippen LogP contribution >= 0.6 is 0 Å². The average molecular weight is 198 g/mol. The number of carbonyl (C=O) groups is 1. The molecule has 2 aliphatic rings. The molecule has 2 N–H and O–H groups in total. The Balaban J connectivity index is 1.96. The van der Waals surface area contributed by atoms with Gasteiger partial charge in [0.15, 0.2) is 0 Å². The minimum atomic E-state index is -0.168. The van der Waals surface area contributed by atoms with E-state index < -0.39 is 0 Å². The number of amides is 1. The van der Waals surface area contributed by atoms with Crippen molar-refractivity contribution in [3.63, 3.8) is 0 Å². The van der Waals surface area contributed by atoms with Gasteiger partial charge in [-0.25, -0.2) is 4.79 Å². The van der Waals surface area contributed by atoms with E-state index >= 15 is 0 Å². The zero-order chi connectivity index (χ0) is 9.97. The third kappa shape index (κ3) is 1.85. The van der Waals surface area contributed by atoms with Gasteiger partial charge in [-0.1, -0.05) is 6.42 Å². The standard InChI is InChI=1S/C10H18N2O2/c11-5-6-12-7-8-3-1-2-4-9(8)14-10(12)13/h8-9H,1-7,11H2. The molecule has 0 bridgehead atoms. The fourth-order valence-corrected chi connectivity index (χ4v) is 2.44. The minimum Gasteiger partial charge on any atom is -0.446 e. The highest BCUT2D eigenvalue weighted by Gasteiger charge is 2.36. The summed E-state index contributed by atoms with van der Waals surface area (Å²) in [6.07, 6.45) is 4.73. The third-order valence-electron chi connectivity index (χ3n) is 3.20. The minimum absolute atomic E-state index is 0.168. The molecule has 0 spiro atoms. The van der Waals surface area contributed by atoms with Crippen molar-refractivity contribution >= 4 is 6.09 Å². The number of hydrogen-bond acceptors (Lipinski definition) is 3. The summed E-state index contributed by atoms with van der Waals surface area (Å²) in [5, 5.41) is 0. The molecule has 4 heteroatoms. The Hall–Kier alpha value is -0.770. The molecule has 1 heterocycles. The molecular formula is C10H18N2O2. The lowest BCUT2D eigenvalue weighted by atomic mass is 9.85. The van der Waals surface area contributed by atoms with Gasteiger partial charge < -0.3 is 15.4 Å². The number of ether oxygens (including phenoxy) is 1. The van der Waals surface area contributed by atoms with E-state index in [4.69, 9.17) is 10.5 Å². The van der Waals surface area contributed by atoms with Crippen LogP contribution in [0.5, 0.6) is 0 Å². The summed E-state index contributed by atoms with van der Waals surface area (Å²) < 4.78 is 5.39. The molecule has 0 aromatic rings. The SMILES string of the molecule is NCCN1CC2CCCCC2OC1=O. The largest absolute Gasteiger partial charge is 0.446 e. The van der Waals surface area contributed by atoms with E-state index in [1.165, 1.54) is 19.3 Å². The number of rotatable bonds is 2. The van der Waals surface area contributed by atoms with Crippen molar-refractivity contribution in [3.05, 3.63) is 0 Å². The second-order valence-electron chi connectivity index (χ2n) is 4.20. The Labute approximate surface area is 84.4 Å². The Bertz CT molecular complexity index is 220. The summed E-state index contributed by atoms with van der Waals surface area (Å²) in [5.74, 6) is 0.549. The molecule has 4 nitrogen and oxygen atoms in total. The predicted octanol–water partition coefficient (Wildman–Crippen LogP) is 0.956. The van der Waals surface area contributed by atoms with Crippen LogP contribution in [0.1, 0.15) is 25.7 Å². The second kappa shape index (κ2) is 4.17. The number of carbonyl (C=O) groups excluding carboxylic acids is 1. The number of fused-ring (bicyclic) bond motifs is 1. The summed E-state index contributed by atoms with van der Waals surface area (Å²) in [5.41, 5.74) is 5.44. The van der Waals surface area contributed by atoms with Crippen molar-refractivity contribution in [2.24, 2.45) is 11.7 Å². The topological polar surface area (TPSA) is 55.6 Å². The van der Waals surface area contributed by atoms with Crippen molar-refractivity contribution < 1.29 is 9.53 Å².